The number of ether oxygens (including phenoxy) is 1. The topological polar surface area (TPSA) is 44.8 Å². The number of cyclic esters (lactones) is 1. The predicted octanol–water partition coefficient (Wildman–Crippen LogP) is 3.17. The number of nitrogens with zero attached hydrogens (tertiary/aromatic N) is 2. The quantitative estimate of drug-likeness (QED) is 0.765. The van der Waals surface area contributed by atoms with Gasteiger partial charge in [-0.2, -0.15) is 11.8 Å². The molecule has 1 unspecified atom stereocenters. The Balaban J connectivity index is 1.73. The van der Waals surface area contributed by atoms with Crippen LogP contribution in [-0.4, -0.2) is 54.9 Å². The molecule has 142 valence electrons. The lowest BCUT2D eigenvalue weighted by Crippen LogP contribution is -2.34. The van der Waals surface area contributed by atoms with Crippen molar-refractivity contribution in [3.8, 4) is 0 Å². The smallest absolute Gasteiger partial charge is 0.414 e. The number of hydrogen-bond acceptors (Lipinski definition) is 5. The summed E-state index contributed by atoms with van der Waals surface area (Å²) in [4.78, 5) is 15.7. The molecule has 9 heteroatoms. The fourth-order valence-electron chi connectivity index (χ4n) is 2.99. The first-order valence-corrected chi connectivity index (χ1v) is 10.1. The number of amides is 1. The zero-order valence-corrected chi connectivity index (χ0v) is 16.1. The molecule has 1 atom stereocenters. The molecule has 2 saturated heterocycles. The van der Waals surface area contributed by atoms with Crippen LogP contribution in [0.1, 0.15) is 13.3 Å². The summed E-state index contributed by atoms with van der Waals surface area (Å²) in [5.74, 6) is 0.364. The van der Waals surface area contributed by atoms with Gasteiger partial charge in [0.05, 0.1) is 23.8 Å². The largest absolute Gasteiger partial charge is 0.442 e. The number of halogens is 2. The molecule has 0 saturated carbocycles. The third-order valence-corrected chi connectivity index (χ3v) is 5.74. The highest BCUT2D eigenvalue weighted by atomic mass is 32.2. The van der Waals surface area contributed by atoms with E-state index in [-0.39, 0.29) is 17.9 Å². The minimum atomic E-state index is -0.659. The lowest BCUT2D eigenvalue weighted by atomic mass is 10.2. The summed E-state index contributed by atoms with van der Waals surface area (Å²) in [6.45, 7) is 3.74. The van der Waals surface area contributed by atoms with Crippen LogP contribution in [0.25, 0.3) is 0 Å². The summed E-state index contributed by atoms with van der Waals surface area (Å²) in [5.41, 5.74) is 0.147. The number of thioether (sulfide) groups is 1. The zero-order valence-electron chi connectivity index (χ0n) is 14.5. The Morgan fingerprint density at radius 1 is 1.35 bits per heavy atom. The fourth-order valence-corrected chi connectivity index (χ4v) is 3.97. The summed E-state index contributed by atoms with van der Waals surface area (Å²) in [7, 11) is 0. The van der Waals surface area contributed by atoms with Crippen molar-refractivity contribution in [2.24, 2.45) is 0 Å². The summed E-state index contributed by atoms with van der Waals surface area (Å²) in [6.07, 6.45) is -0.330. The summed E-state index contributed by atoms with van der Waals surface area (Å²) < 4.78 is 34.4. The van der Waals surface area contributed by atoms with Gasteiger partial charge in [0.1, 0.15) is 11.8 Å². The first-order valence-electron chi connectivity index (χ1n) is 8.56. The van der Waals surface area contributed by atoms with Gasteiger partial charge in [0.25, 0.3) is 0 Å². The minimum Gasteiger partial charge on any atom is -0.442 e. The number of anilines is 2. The Labute approximate surface area is 161 Å². The van der Waals surface area contributed by atoms with Crippen molar-refractivity contribution in [3.05, 3.63) is 23.8 Å². The van der Waals surface area contributed by atoms with Crippen molar-refractivity contribution in [2.45, 2.75) is 19.4 Å². The van der Waals surface area contributed by atoms with Crippen molar-refractivity contribution >= 4 is 46.4 Å². The summed E-state index contributed by atoms with van der Waals surface area (Å²) in [5, 5.41) is 3.01. The molecule has 3 rings (SSSR count). The molecule has 2 heterocycles. The minimum absolute atomic E-state index is 0.0203. The van der Waals surface area contributed by atoms with Gasteiger partial charge in [-0.25, -0.2) is 13.6 Å². The van der Waals surface area contributed by atoms with Crippen LogP contribution < -0.4 is 15.1 Å². The van der Waals surface area contributed by atoms with Crippen LogP contribution in [0.3, 0.4) is 0 Å². The Bertz CT molecular complexity index is 676. The Morgan fingerprint density at radius 2 is 2.00 bits per heavy atom. The second-order valence-electron chi connectivity index (χ2n) is 6.13. The van der Waals surface area contributed by atoms with E-state index in [9.17, 15) is 13.6 Å². The fraction of sp³-hybridized carbons (Fsp3) is 0.529. The van der Waals surface area contributed by atoms with Crippen molar-refractivity contribution in [1.29, 1.82) is 0 Å². The van der Waals surface area contributed by atoms with E-state index in [1.54, 1.807) is 16.7 Å². The molecule has 2 fully saturated rings. The lowest BCUT2D eigenvalue weighted by molar-refractivity contribution is 0.143. The third-order valence-electron chi connectivity index (χ3n) is 4.36. The van der Waals surface area contributed by atoms with Crippen LogP contribution in [0.15, 0.2) is 12.1 Å². The van der Waals surface area contributed by atoms with E-state index in [4.69, 9.17) is 17.0 Å². The second-order valence-corrected chi connectivity index (χ2v) is 7.85. The standard InChI is InChI=1S/C17H21F2N3O2S2/c1-2-15(25)20-9-12-10-22(17(23)24-12)11-7-13(18)16(14(19)8-11)21-3-5-26-6-4-21/h7-8,12H,2-6,9-10H2,1H3,(H,20,25). The zero-order chi connectivity index (χ0) is 18.7. The molecule has 2 aliphatic heterocycles. The number of carbonyl (C=O) groups is 1. The lowest BCUT2D eigenvalue weighted by Gasteiger charge is -2.29. The monoisotopic (exact) mass is 401 g/mol. The van der Waals surface area contributed by atoms with Gasteiger partial charge < -0.3 is 15.0 Å². The Morgan fingerprint density at radius 3 is 2.62 bits per heavy atom. The van der Waals surface area contributed by atoms with Gasteiger partial charge in [-0.05, 0) is 6.42 Å². The molecule has 1 amide bonds. The number of rotatable bonds is 5. The van der Waals surface area contributed by atoms with Crippen LogP contribution >= 0.6 is 24.0 Å². The van der Waals surface area contributed by atoms with E-state index in [0.717, 1.165) is 11.5 Å². The van der Waals surface area contributed by atoms with Crippen LogP contribution in [-0.2, 0) is 4.74 Å². The van der Waals surface area contributed by atoms with E-state index in [0.29, 0.717) is 31.0 Å². The molecule has 0 bridgehead atoms. The molecule has 1 aromatic carbocycles. The van der Waals surface area contributed by atoms with E-state index in [1.807, 2.05) is 6.92 Å². The molecule has 1 aromatic rings. The summed E-state index contributed by atoms with van der Waals surface area (Å²) in [6, 6.07) is 2.40. The molecule has 5 nitrogen and oxygen atoms in total. The molecular formula is C17H21F2N3O2S2. The van der Waals surface area contributed by atoms with Crippen LogP contribution in [0.4, 0.5) is 25.0 Å². The average molecular weight is 402 g/mol. The number of carbonyl (C=O) groups excluding carboxylic acids is 1. The van der Waals surface area contributed by atoms with Crippen LogP contribution in [0, 0.1) is 11.6 Å². The number of thiocarbonyl (C=S) groups is 1. The molecule has 2 aliphatic rings. The van der Waals surface area contributed by atoms with Crippen molar-refractivity contribution in [2.75, 3.05) is 47.5 Å². The van der Waals surface area contributed by atoms with Gasteiger partial charge in [-0.3, -0.25) is 4.90 Å². The first-order chi connectivity index (χ1) is 12.5. The molecule has 0 radical (unpaired) electrons. The predicted molar refractivity (Wildman–Crippen MR) is 104 cm³/mol. The number of hydrogen-bond donors (Lipinski definition) is 1. The van der Waals surface area contributed by atoms with Gasteiger partial charge >= 0.3 is 6.09 Å². The van der Waals surface area contributed by atoms with Gasteiger partial charge in [0, 0.05) is 36.7 Å². The molecule has 0 aromatic heterocycles. The SMILES string of the molecule is CCC(=S)NCC1CN(c2cc(F)c(N3CCSCC3)c(F)c2)C(=O)O1. The number of nitrogens with one attached hydrogen (secondary N) is 1. The molecule has 26 heavy (non-hydrogen) atoms. The number of benzene rings is 1. The van der Waals surface area contributed by atoms with E-state index < -0.39 is 23.8 Å². The Kier molecular flexibility index (Phi) is 6.18. The third kappa shape index (κ3) is 4.20. The average Bonchev–Trinajstić information content (AvgIpc) is 3.00. The van der Waals surface area contributed by atoms with E-state index >= 15 is 0 Å². The highest BCUT2D eigenvalue weighted by molar-refractivity contribution is 7.99. The normalized spacial score (nSPS) is 20.3. The van der Waals surface area contributed by atoms with Crippen molar-refractivity contribution in [1.82, 2.24) is 5.32 Å². The van der Waals surface area contributed by atoms with Crippen LogP contribution in [0.2, 0.25) is 0 Å². The van der Waals surface area contributed by atoms with E-state index in [2.05, 4.69) is 5.32 Å². The molecule has 0 aliphatic carbocycles. The maximum atomic E-state index is 14.6. The van der Waals surface area contributed by atoms with Gasteiger partial charge in [0.2, 0.25) is 0 Å². The molecule has 0 spiro atoms. The summed E-state index contributed by atoms with van der Waals surface area (Å²) >= 11 is 6.85. The highest BCUT2D eigenvalue weighted by Gasteiger charge is 2.33. The maximum Gasteiger partial charge on any atom is 0.414 e. The van der Waals surface area contributed by atoms with Gasteiger partial charge in [-0.15, -0.1) is 0 Å². The second kappa shape index (κ2) is 8.39. The van der Waals surface area contributed by atoms with Gasteiger partial charge in [-0.1, -0.05) is 19.1 Å². The van der Waals surface area contributed by atoms with Gasteiger partial charge in [0.15, 0.2) is 11.6 Å². The van der Waals surface area contributed by atoms with E-state index in [1.165, 1.54) is 17.0 Å². The highest BCUT2D eigenvalue weighted by Crippen LogP contribution is 2.32. The molecular weight excluding hydrogens is 380 g/mol. The Hall–Kier alpha value is -1.61. The van der Waals surface area contributed by atoms with Crippen molar-refractivity contribution < 1.29 is 18.3 Å². The van der Waals surface area contributed by atoms with Crippen LogP contribution in [0.5, 0.6) is 0 Å². The first kappa shape index (κ1) is 19.2. The van der Waals surface area contributed by atoms with Crippen molar-refractivity contribution in [3.63, 3.8) is 0 Å². The molecule has 1 N–H and O–H groups in total. The maximum absolute atomic E-state index is 14.6.